The third-order valence-corrected chi connectivity index (χ3v) is 6.50. The number of hydrogen-bond donors (Lipinski definition) is 3. The first-order valence-corrected chi connectivity index (χ1v) is 9.94. The van der Waals surface area contributed by atoms with Crippen LogP contribution in [0, 0.1) is 6.92 Å². The Bertz CT molecular complexity index is 964. The van der Waals surface area contributed by atoms with Crippen LogP contribution in [-0.4, -0.2) is 20.2 Å². The number of sulfonamides is 1. The first-order chi connectivity index (χ1) is 11.8. The minimum absolute atomic E-state index is 0.0142. The molecule has 0 atom stereocenters. The molecule has 0 unspecified atom stereocenters. The van der Waals surface area contributed by atoms with Crippen LogP contribution in [0.1, 0.15) is 32.6 Å². The zero-order chi connectivity index (χ0) is 18.2. The van der Waals surface area contributed by atoms with E-state index in [1.807, 2.05) is 13.8 Å². The second-order valence-electron chi connectivity index (χ2n) is 5.67. The summed E-state index contributed by atoms with van der Waals surface area (Å²) in [5.74, 6) is -0.681. The molecule has 25 heavy (non-hydrogen) atoms. The number of carbonyl (C=O) groups excluding carboxylic acids is 2. The van der Waals surface area contributed by atoms with Gasteiger partial charge in [0.15, 0.2) is 0 Å². The summed E-state index contributed by atoms with van der Waals surface area (Å²) in [4.78, 5) is 27.1. The quantitative estimate of drug-likeness (QED) is 0.688. The lowest BCUT2D eigenvalue weighted by molar-refractivity contribution is -0.115. The van der Waals surface area contributed by atoms with Crippen LogP contribution in [0.5, 0.6) is 0 Å². The Kier molecular flexibility index (Phi) is 4.63. The maximum absolute atomic E-state index is 12.3. The van der Waals surface area contributed by atoms with E-state index in [2.05, 4.69) is 15.6 Å². The van der Waals surface area contributed by atoms with Crippen molar-refractivity contribution >= 4 is 38.9 Å². The summed E-state index contributed by atoms with van der Waals surface area (Å²) in [6, 6.07) is 6.07. The van der Waals surface area contributed by atoms with Crippen LogP contribution in [0.3, 0.4) is 0 Å². The molecule has 0 spiro atoms. The normalized spacial score (nSPS) is 13.4. The van der Waals surface area contributed by atoms with E-state index >= 15 is 0 Å². The number of hydrazine groups is 1. The van der Waals surface area contributed by atoms with Crippen molar-refractivity contribution in [2.24, 2.45) is 0 Å². The van der Waals surface area contributed by atoms with Gasteiger partial charge in [0, 0.05) is 10.6 Å². The number of rotatable bonds is 5. The van der Waals surface area contributed by atoms with Gasteiger partial charge in [0.25, 0.3) is 15.9 Å². The van der Waals surface area contributed by atoms with Crippen LogP contribution in [0.2, 0.25) is 0 Å². The second kappa shape index (κ2) is 6.58. The molecule has 1 aromatic carbocycles. The first-order valence-electron chi connectivity index (χ1n) is 7.64. The fourth-order valence-corrected chi connectivity index (χ4v) is 4.49. The van der Waals surface area contributed by atoms with Gasteiger partial charge in [-0.15, -0.1) is 16.2 Å². The van der Waals surface area contributed by atoms with Crippen molar-refractivity contribution in [2.75, 3.05) is 5.32 Å². The minimum atomic E-state index is -3.93. The zero-order valence-corrected chi connectivity index (χ0v) is 15.3. The lowest BCUT2D eigenvalue weighted by Crippen LogP contribution is -2.41. The van der Waals surface area contributed by atoms with Gasteiger partial charge in [0.1, 0.15) is 0 Å². The van der Waals surface area contributed by atoms with E-state index in [4.69, 9.17) is 0 Å². The molecule has 3 rings (SSSR count). The van der Waals surface area contributed by atoms with E-state index < -0.39 is 15.9 Å². The van der Waals surface area contributed by atoms with Gasteiger partial charge in [-0.1, -0.05) is 6.92 Å². The summed E-state index contributed by atoms with van der Waals surface area (Å²) in [6.45, 7) is 3.91. The Morgan fingerprint density at radius 2 is 2.08 bits per heavy atom. The smallest absolute Gasteiger partial charge is 0.276 e. The Morgan fingerprint density at radius 1 is 1.32 bits per heavy atom. The van der Waals surface area contributed by atoms with Gasteiger partial charge in [-0.2, -0.15) is 0 Å². The SMILES string of the molecule is CCc1sc(C(=O)NNS(=O)(=O)c2ccc3c(c2)CC(=O)N3)cc1C. The summed E-state index contributed by atoms with van der Waals surface area (Å²) in [5.41, 5.74) is 4.46. The van der Waals surface area contributed by atoms with Crippen LogP contribution in [0.15, 0.2) is 29.2 Å². The predicted octanol–water partition coefficient (Wildman–Crippen LogP) is 1.74. The highest BCUT2D eigenvalue weighted by Crippen LogP contribution is 2.26. The molecule has 7 nitrogen and oxygen atoms in total. The predicted molar refractivity (Wildman–Crippen MR) is 95.0 cm³/mol. The summed E-state index contributed by atoms with van der Waals surface area (Å²) >= 11 is 1.34. The Hall–Kier alpha value is -2.23. The minimum Gasteiger partial charge on any atom is -0.326 e. The van der Waals surface area contributed by atoms with E-state index in [0.29, 0.717) is 16.1 Å². The number of amides is 2. The molecule has 1 aliphatic heterocycles. The van der Waals surface area contributed by atoms with E-state index in [1.54, 1.807) is 6.07 Å². The topological polar surface area (TPSA) is 104 Å². The van der Waals surface area contributed by atoms with Gasteiger partial charge in [-0.3, -0.25) is 15.0 Å². The summed E-state index contributed by atoms with van der Waals surface area (Å²) in [7, 11) is -3.93. The average molecular weight is 379 g/mol. The molecule has 2 heterocycles. The van der Waals surface area contributed by atoms with Gasteiger partial charge in [-0.05, 0) is 48.7 Å². The third-order valence-electron chi connectivity index (χ3n) is 3.88. The van der Waals surface area contributed by atoms with Crippen LogP contribution in [-0.2, 0) is 27.7 Å². The molecule has 0 radical (unpaired) electrons. The molecule has 9 heteroatoms. The molecular formula is C16H17N3O4S2. The summed E-state index contributed by atoms with van der Waals surface area (Å²) < 4.78 is 24.7. The third kappa shape index (κ3) is 3.58. The van der Waals surface area contributed by atoms with E-state index in [1.165, 1.54) is 29.5 Å². The molecule has 2 amide bonds. The second-order valence-corrected chi connectivity index (χ2v) is 8.49. The van der Waals surface area contributed by atoms with Crippen LogP contribution >= 0.6 is 11.3 Å². The summed E-state index contributed by atoms with van der Waals surface area (Å²) in [5, 5.41) is 2.64. The number of hydrogen-bond acceptors (Lipinski definition) is 5. The van der Waals surface area contributed by atoms with Crippen molar-refractivity contribution < 1.29 is 18.0 Å². The molecule has 0 bridgehead atoms. The molecular weight excluding hydrogens is 362 g/mol. The van der Waals surface area contributed by atoms with Crippen molar-refractivity contribution in [1.29, 1.82) is 0 Å². The van der Waals surface area contributed by atoms with Crippen LogP contribution in [0.25, 0.3) is 0 Å². The first kappa shape index (κ1) is 17.6. The Balaban J connectivity index is 1.72. The number of aryl methyl sites for hydroxylation is 2. The molecule has 1 aromatic heterocycles. The largest absolute Gasteiger partial charge is 0.326 e. The van der Waals surface area contributed by atoms with Crippen molar-refractivity contribution in [3.05, 3.63) is 45.1 Å². The fraction of sp³-hybridized carbons (Fsp3) is 0.250. The standard InChI is InChI=1S/C16H17N3O4S2/c1-3-13-9(2)6-14(24-13)16(21)18-19-25(22,23)11-4-5-12-10(7-11)8-15(20)17-12/h4-7,19H,3,8H2,1-2H3,(H,17,20)(H,18,21). The molecule has 0 saturated heterocycles. The van der Waals surface area contributed by atoms with Gasteiger partial charge < -0.3 is 5.32 Å². The fourth-order valence-electron chi connectivity index (χ4n) is 2.59. The maximum atomic E-state index is 12.3. The van der Waals surface area contributed by atoms with Crippen LogP contribution < -0.4 is 15.6 Å². The molecule has 3 N–H and O–H groups in total. The number of carbonyl (C=O) groups is 2. The van der Waals surface area contributed by atoms with Crippen molar-refractivity contribution in [1.82, 2.24) is 10.3 Å². The number of anilines is 1. The van der Waals surface area contributed by atoms with Gasteiger partial charge in [0.2, 0.25) is 5.91 Å². The monoisotopic (exact) mass is 379 g/mol. The molecule has 1 aliphatic rings. The zero-order valence-electron chi connectivity index (χ0n) is 13.7. The molecule has 0 aliphatic carbocycles. The average Bonchev–Trinajstić information content (AvgIpc) is 3.13. The van der Waals surface area contributed by atoms with Gasteiger partial charge in [-0.25, -0.2) is 8.42 Å². The van der Waals surface area contributed by atoms with Gasteiger partial charge in [0.05, 0.1) is 16.2 Å². The lowest BCUT2D eigenvalue weighted by Gasteiger charge is -2.08. The van der Waals surface area contributed by atoms with Crippen molar-refractivity contribution in [3.63, 3.8) is 0 Å². The molecule has 132 valence electrons. The van der Waals surface area contributed by atoms with E-state index in [-0.39, 0.29) is 17.2 Å². The van der Waals surface area contributed by atoms with Gasteiger partial charge >= 0.3 is 0 Å². The number of thiophene rings is 1. The molecule has 0 fully saturated rings. The Morgan fingerprint density at radius 3 is 2.76 bits per heavy atom. The van der Waals surface area contributed by atoms with Crippen molar-refractivity contribution in [2.45, 2.75) is 31.6 Å². The number of benzene rings is 1. The molecule has 2 aromatic rings. The van der Waals surface area contributed by atoms with Crippen molar-refractivity contribution in [3.8, 4) is 0 Å². The molecule has 0 saturated carbocycles. The van der Waals surface area contributed by atoms with Crippen LogP contribution in [0.4, 0.5) is 5.69 Å². The summed E-state index contributed by atoms with van der Waals surface area (Å²) in [6.07, 6.45) is 0.955. The lowest BCUT2D eigenvalue weighted by atomic mass is 10.2. The highest BCUT2D eigenvalue weighted by Gasteiger charge is 2.22. The highest BCUT2D eigenvalue weighted by atomic mass is 32.2. The van der Waals surface area contributed by atoms with E-state index in [0.717, 1.165) is 16.9 Å². The number of fused-ring (bicyclic) bond motifs is 1. The van der Waals surface area contributed by atoms with E-state index in [9.17, 15) is 18.0 Å². The Labute approximate surface area is 149 Å². The number of nitrogens with one attached hydrogen (secondary N) is 3. The highest BCUT2D eigenvalue weighted by molar-refractivity contribution is 7.89. The maximum Gasteiger partial charge on any atom is 0.276 e.